The van der Waals surface area contributed by atoms with E-state index in [-0.39, 0.29) is 0 Å². The summed E-state index contributed by atoms with van der Waals surface area (Å²) in [6, 6.07) is 79.4. The van der Waals surface area contributed by atoms with Crippen molar-refractivity contribution in [1.82, 2.24) is 24.1 Å². The Kier molecular flexibility index (Phi) is 8.42. The molecule has 0 aliphatic heterocycles. The minimum atomic E-state index is 0.637. The quantitative estimate of drug-likeness (QED) is 0.162. The molecule has 0 aliphatic carbocycles. The van der Waals surface area contributed by atoms with Crippen LogP contribution in [-0.2, 0) is 0 Å². The number of hydrogen-bond donors (Lipinski definition) is 0. The second-order valence-electron chi connectivity index (χ2n) is 15.7. The first kappa shape index (κ1) is 35.5. The number of aromatic nitrogens is 5. The predicted molar refractivity (Wildman–Crippen MR) is 256 cm³/mol. The molecule has 0 atom stereocenters. The molecule has 3 aromatic heterocycles. The Morgan fingerprint density at radius 1 is 0.226 bits per heavy atom. The van der Waals surface area contributed by atoms with E-state index in [1.807, 2.05) is 60.7 Å². The zero-order chi connectivity index (χ0) is 41.0. The number of benzene rings is 9. The van der Waals surface area contributed by atoms with Crippen LogP contribution < -0.4 is 0 Å². The summed E-state index contributed by atoms with van der Waals surface area (Å²) in [7, 11) is 0. The van der Waals surface area contributed by atoms with Crippen molar-refractivity contribution in [2.45, 2.75) is 0 Å². The summed E-state index contributed by atoms with van der Waals surface area (Å²) in [5.41, 5.74) is 14.5. The van der Waals surface area contributed by atoms with Crippen molar-refractivity contribution in [3.63, 3.8) is 0 Å². The van der Waals surface area contributed by atoms with Crippen LogP contribution in [0.1, 0.15) is 0 Å². The van der Waals surface area contributed by atoms with Gasteiger partial charge < -0.3 is 9.13 Å². The molecule has 9 aromatic carbocycles. The highest BCUT2D eigenvalue weighted by molar-refractivity contribution is 6.11. The second kappa shape index (κ2) is 14.7. The maximum Gasteiger partial charge on any atom is 0.164 e. The fraction of sp³-hybridized carbons (Fsp3) is 0. The van der Waals surface area contributed by atoms with Crippen molar-refractivity contribution in [2.75, 3.05) is 0 Å². The molecule has 5 nitrogen and oxygen atoms in total. The van der Waals surface area contributed by atoms with Gasteiger partial charge >= 0.3 is 0 Å². The Morgan fingerprint density at radius 3 is 1.18 bits per heavy atom. The Morgan fingerprint density at radius 2 is 0.597 bits per heavy atom. The molecule has 12 rings (SSSR count). The highest BCUT2D eigenvalue weighted by Gasteiger charge is 2.17. The highest BCUT2D eigenvalue weighted by atomic mass is 15.0. The number of fused-ring (bicyclic) bond motifs is 6. The van der Waals surface area contributed by atoms with Crippen molar-refractivity contribution in [2.24, 2.45) is 0 Å². The van der Waals surface area contributed by atoms with Crippen LogP contribution in [0.3, 0.4) is 0 Å². The highest BCUT2D eigenvalue weighted by Crippen LogP contribution is 2.38. The van der Waals surface area contributed by atoms with Gasteiger partial charge in [0.2, 0.25) is 0 Å². The van der Waals surface area contributed by atoms with Gasteiger partial charge in [0.15, 0.2) is 17.5 Å². The van der Waals surface area contributed by atoms with Crippen LogP contribution in [0, 0.1) is 0 Å². The standard InChI is InChI=1S/C57H37N5/c1-4-14-40(15-5-1)55-58-56(41-16-6-2-7-17-41)60-57(59-55)42-28-32-46(33-29-42)61-52-23-13-11-21-48(52)50-36-43(31-35-53(50)61)38-24-26-39(27-25-38)44-30-34-49-47-20-10-12-22-51(47)62(54(49)37-44)45-18-8-3-9-19-45/h1-37H. The van der Waals surface area contributed by atoms with Gasteiger partial charge in [-0.1, -0.05) is 158 Å². The minimum absolute atomic E-state index is 0.637. The molecule has 0 fully saturated rings. The average molecular weight is 792 g/mol. The molecule has 0 amide bonds. The van der Waals surface area contributed by atoms with Crippen LogP contribution in [0.25, 0.3) is 111 Å². The first-order chi connectivity index (χ1) is 30.7. The molecule has 0 saturated carbocycles. The van der Waals surface area contributed by atoms with Crippen LogP contribution in [0.2, 0.25) is 0 Å². The second-order valence-corrected chi connectivity index (χ2v) is 15.7. The van der Waals surface area contributed by atoms with Gasteiger partial charge in [-0.2, -0.15) is 0 Å². The monoisotopic (exact) mass is 791 g/mol. The van der Waals surface area contributed by atoms with Crippen LogP contribution >= 0.6 is 0 Å². The third-order valence-electron chi connectivity index (χ3n) is 12.0. The molecule has 0 unspecified atom stereocenters. The van der Waals surface area contributed by atoms with E-state index in [0.717, 1.165) is 39.1 Å². The number of nitrogens with zero attached hydrogens (tertiary/aromatic N) is 5. The average Bonchev–Trinajstić information content (AvgIpc) is 3.87. The lowest BCUT2D eigenvalue weighted by molar-refractivity contribution is 1.07. The normalized spacial score (nSPS) is 11.5. The molecule has 0 saturated heterocycles. The largest absolute Gasteiger partial charge is 0.309 e. The molecule has 12 aromatic rings. The molecule has 0 spiro atoms. The van der Waals surface area contributed by atoms with Gasteiger partial charge in [0.25, 0.3) is 0 Å². The van der Waals surface area contributed by atoms with E-state index in [1.54, 1.807) is 0 Å². The number of para-hydroxylation sites is 3. The van der Waals surface area contributed by atoms with Gasteiger partial charge in [-0.15, -0.1) is 0 Å². The summed E-state index contributed by atoms with van der Waals surface area (Å²) in [6.45, 7) is 0. The third-order valence-corrected chi connectivity index (χ3v) is 12.0. The SMILES string of the molecule is c1ccc(-c2nc(-c3ccccc3)nc(-c3ccc(-n4c5ccccc5c5cc(-c6ccc(-c7ccc8c9ccccc9n(-c9ccccc9)c8c7)cc6)ccc54)cc3)n2)cc1. The van der Waals surface area contributed by atoms with E-state index in [2.05, 4.69) is 173 Å². The van der Waals surface area contributed by atoms with Crippen LogP contribution in [0.15, 0.2) is 224 Å². The van der Waals surface area contributed by atoms with Crippen LogP contribution in [0.5, 0.6) is 0 Å². The van der Waals surface area contributed by atoms with Gasteiger partial charge in [0.1, 0.15) is 0 Å². The van der Waals surface area contributed by atoms with E-state index in [1.165, 1.54) is 54.8 Å². The predicted octanol–water partition coefficient (Wildman–Crippen LogP) is 14.4. The summed E-state index contributed by atoms with van der Waals surface area (Å²) in [6.07, 6.45) is 0. The third kappa shape index (κ3) is 6.06. The Hall–Kier alpha value is -8.41. The van der Waals surface area contributed by atoms with Crippen LogP contribution in [0.4, 0.5) is 0 Å². The Balaban J connectivity index is 0.892. The summed E-state index contributed by atoms with van der Waals surface area (Å²) in [5, 5.41) is 4.94. The lowest BCUT2D eigenvalue weighted by atomic mass is 9.98. The topological polar surface area (TPSA) is 48.5 Å². The molecule has 290 valence electrons. The molecular weight excluding hydrogens is 755 g/mol. The lowest BCUT2D eigenvalue weighted by Gasteiger charge is -2.11. The fourth-order valence-electron chi connectivity index (χ4n) is 8.99. The Bertz CT molecular complexity index is 3530. The van der Waals surface area contributed by atoms with Gasteiger partial charge in [-0.05, 0) is 89.0 Å². The molecule has 0 bridgehead atoms. The van der Waals surface area contributed by atoms with E-state index in [9.17, 15) is 0 Å². The number of hydrogen-bond acceptors (Lipinski definition) is 3. The first-order valence-electron chi connectivity index (χ1n) is 20.9. The summed E-state index contributed by atoms with van der Waals surface area (Å²) in [4.78, 5) is 14.8. The maximum atomic E-state index is 4.96. The van der Waals surface area contributed by atoms with Crippen molar-refractivity contribution in [3.8, 4) is 67.8 Å². The van der Waals surface area contributed by atoms with Gasteiger partial charge in [-0.25, -0.2) is 15.0 Å². The van der Waals surface area contributed by atoms with Gasteiger partial charge in [0.05, 0.1) is 22.1 Å². The molecule has 0 aliphatic rings. The zero-order valence-corrected chi connectivity index (χ0v) is 33.6. The van der Waals surface area contributed by atoms with Crippen molar-refractivity contribution < 1.29 is 0 Å². The molecule has 0 N–H and O–H groups in total. The summed E-state index contributed by atoms with van der Waals surface area (Å²) in [5.74, 6) is 1.94. The minimum Gasteiger partial charge on any atom is -0.309 e. The first-order valence-corrected chi connectivity index (χ1v) is 20.9. The fourth-order valence-corrected chi connectivity index (χ4v) is 8.99. The molecule has 3 heterocycles. The molecule has 5 heteroatoms. The zero-order valence-electron chi connectivity index (χ0n) is 33.6. The van der Waals surface area contributed by atoms with Crippen molar-refractivity contribution in [1.29, 1.82) is 0 Å². The summed E-state index contributed by atoms with van der Waals surface area (Å²) < 4.78 is 4.73. The van der Waals surface area contributed by atoms with E-state index in [0.29, 0.717) is 17.5 Å². The van der Waals surface area contributed by atoms with Gasteiger partial charge in [-0.3, -0.25) is 0 Å². The van der Waals surface area contributed by atoms with E-state index in [4.69, 9.17) is 15.0 Å². The van der Waals surface area contributed by atoms with Crippen LogP contribution in [-0.4, -0.2) is 24.1 Å². The number of rotatable bonds is 7. The molecular formula is C57H37N5. The smallest absolute Gasteiger partial charge is 0.164 e. The van der Waals surface area contributed by atoms with E-state index < -0.39 is 0 Å². The summed E-state index contributed by atoms with van der Waals surface area (Å²) >= 11 is 0. The van der Waals surface area contributed by atoms with Gasteiger partial charge in [0, 0.05) is 49.6 Å². The molecule has 0 radical (unpaired) electrons. The van der Waals surface area contributed by atoms with Crippen molar-refractivity contribution in [3.05, 3.63) is 224 Å². The van der Waals surface area contributed by atoms with E-state index >= 15 is 0 Å². The Labute approximate surface area is 358 Å². The van der Waals surface area contributed by atoms with Crippen molar-refractivity contribution >= 4 is 43.6 Å². The lowest BCUT2D eigenvalue weighted by Crippen LogP contribution is -2.00. The maximum absolute atomic E-state index is 4.96. The molecule has 62 heavy (non-hydrogen) atoms.